The zero-order valence-electron chi connectivity index (χ0n) is 9.87. The topological polar surface area (TPSA) is 81.2 Å². The van der Waals surface area contributed by atoms with Gasteiger partial charge in [-0.2, -0.15) is 0 Å². The number of hydrogen-bond donors (Lipinski definition) is 1. The summed E-state index contributed by atoms with van der Waals surface area (Å²) in [6.45, 7) is 1.99. The first-order chi connectivity index (χ1) is 8.65. The van der Waals surface area contributed by atoms with Crippen molar-refractivity contribution >= 4 is 11.5 Å². The average Bonchev–Trinajstić information content (AvgIpc) is 2.82. The minimum atomic E-state index is -0.469. The molecule has 6 heteroatoms. The zero-order valence-corrected chi connectivity index (χ0v) is 9.87. The number of pyridine rings is 1. The standard InChI is InChI=1S/C12H13N3O3/c1-9(7-11-3-2-6-18-11)14-12-5-4-10(8-13-12)15(16)17/h2-6,8-9H,7H2,1H3,(H,13,14). The monoisotopic (exact) mass is 247 g/mol. The number of anilines is 1. The second-order valence-electron chi connectivity index (χ2n) is 3.99. The fourth-order valence-corrected chi connectivity index (χ4v) is 1.61. The molecule has 1 unspecified atom stereocenters. The van der Waals surface area contributed by atoms with Gasteiger partial charge in [-0.15, -0.1) is 0 Å². The van der Waals surface area contributed by atoms with E-state index >= 15 is 0 Å². The minimum absolute atomic E-state index is 0.0146. The van der Waals surface area contributed by atoms with Gasteiger partial charge in [0, 0.05) is 18.5 Å². The van der Waals surface area contributed by atoms with Gasteiger partial charge in [0.1, 0.15) is 17.8 Å². The molecule has 0 aliphatic heterocycles. The molecule has 0 spiro atoms. The molecule has 2 heterocycles. The molecule has 0 saturated heterocycles. The van der Waals surface area contributed by atoms with Crippen LogP contribution in [0.15, 0.2) is 41.1 Å². The third kappa shape index (κ3) is 3.07. The molecule has 0 fully saturated rings. The Labute approximate surface area is 104 Å². The van der Waals surface area contributed by atoms with E-state index in [0.29, 0.717) is 5.82 Å². The van der Waals surface area contributed by atoms with Crippen molar-refractivity contribution in [1.29, 1.82) is 0 Å². The summed E-state index contributed by atoms with van der Waals surface area (Å²) < 4.78 is 5.24. The van der Waals surface area contributed by atoms with E-state index in [-0.39, 0.29) is 11.7 Å². The van der Waals surface area contributed by atoms with E-state index in [2.05, 4.69) is 10.3 Å². The number of hydrogen-bond acceptors (Lipinski definition) is 5. The Balaban J connectivity index is 1.94. The van der Waals surface area contributed by atoms with Crippen LogP contribution in [-0.2, 0) is 6.42 Å². The highest BCUT2D eigenvalue weighted by atomic mass is 16.6. The zero-order chi connectivity index (χ0) is 13.0. The highest BCUT2D eigenvalue weighted by Gasteiger charge is 2.08. The molecule has 94 valence electrons. The number of aromatic nitrogens is 1. The molecule has 2 aromatic heterocycles. The van der Waals surface area contributed by atoms with Crippen LogP contribution in [0.3, 0.4) is 0 Å². The largest absolute Gasteiger partial charge is 0.469 e. The summed E-state index contributed by atoms with van der Waals surface area (Å²) in [5.74, 6) is 1.50. The Hall–Kier alpha value is -2.37. The second kappa shape index (κ2) is 5.31. The van der Waals surface area contributed by atoms with Crippen molar-refractivity contribution < 1.29 is 9.34 Å². The number of nitrogens with zero attached hydrogens (tertiary/aromatic N) is 2. The fraction of sp³-hybridized carbons (Fsp3) is 0.250. The highest BCUT2D eigenvalue weighted by molar-refractivity contribution is 5.40. The van der Waals surface area contributed by atoms with Gasteiger partial charge in [0.25, 0.3) is 5.69 Å². The maximum atomic E-state index is 10.5. The van der Waals surface area contributed by atoms with Gasteiger partial charge in [0.15, 0.2) is 0 Å². The van der Waals surface area contributed by atoms with Crippen molar-refractivity contribution in [2.45, 2.75) is 19.4 Å². The number of rotatable bonds is 5. The first-order valence-electron chi connectivity index (χ1n) is 5.54. The number of furan rings is 1. The summed E-state index contributed by atoms with van der Waals surface area (Å²) >= 11 is 0. The van der Waals surface area contributed by atoms with Crippen molar-refractivity contribution in [3.05, 3.63) is 52.6 Å². The van der Waals surface area contributed by atoms with E-state index in [1.807, 2.05) is 19.1 Å². The summed E-state index contributed by atoms with van der Waals surface area (Å²) in [6, 6.07) is 6.89. The van der Waals surface area contributed by atoms with Crippen molar-refractivity contribution in [1.82, 2.24) is 4.98 Å². The van der Waals surface area contributed by atoms with Crippen LogP contribution in [0.5, 0.6) is 0 Å². The Morgan fingerprint density at radius 3 is 2.89 bits per heavy atom. The van der Waals surface area contributed by atoms with Crippen molar-refractivity contribution in [2.75, 3.05) is 5.32 Å². The molecule has 0 radical (unpaired) electrons. The Morgan fingerprint density at radius 2 is 2.33 bits per heavy atom. The first-order valence-corrected chi connectivity index (χ1v) is 5.54. The maximum absolute atomic E-state index is 10.5. The van der Waals surface area contributed by atoms with Crippen LogP contribution in [0.1, 0.15) is 12.7 Å². The predicted octanol–water partition coefficient (Wildman–Crippen LogP) is 2.63. The van der Waals surface area contributed by atoms with Gasteiger partial charge >= 0.3 is 0 Å². The van der Waals surface area contributed by atoms with Crippen molar-refractivity contribution in [2.24, 2.45) is 0 Å². The van der Waals surface area contributed by atoms with Crippen LogP contribution in [0.2, 0.25) is 0 Å². The molecule has 0 bridgehead atoms. The number of nitro groups is 1. The first kappa shape index (κ1) is 12.1. The fourth-order valence-electron chi connectivity index (χ4n) is 1.61. The molecular weight excluding hydrogens is 234 g/mol. The molecule has 1 N–H and O–H groups in total. The van der Waals surface area contributed by atoms with Crippen LogP contribution in [-0.4, -0.2) is 15.9 Å². The van der Waals surface area contributed by atoms with Gasteiger partial charge < -0.3 is 9.73 Å². The van der Waals surface area contributed by atoms with Gasteiger partial charge in [-0.25, -0.2) is 4.98 Å². The van der Waals surface area contributed by atoms with E-state index in [0.717, 1.165) is 12.2 Å². The minimum Gasteiger partial charge on any atom is -0.469 e. The lowest BCUT2D eigenvalue weighted by Gasteiger charge is -2.12. The molecule has 18 heavy (non-hydrogen) atoms. The highest BCUT2D eigenvalue weighted by Crippen LogP contribution is 2.13. The van der Waals surface area contributed by atoms with E-state index in [9.17, 15) is 10.1 Å². The smallest absolute Gasteiger partial charge is 0.287 e. The lowest BCUT2D eigenvalue weighted by Crippen LogP contribution is -2.18. The van der Waals surface area contributed by atoms with Gasteiger partial charge in [-0.1, -0.05) is 0 Å². The van der Waals surface area contributed by atoms with Gasteiger partial charge in [0.05, 0.1) is 11.2 Å². The predicted molar refractivity (Wildman–Crippen MR) is 66.4 cm³/mol. The van der Waals surface area contributed by atoms with Gasteiger partial charge in [-0.05, 0) is 25.1 Å². The SMILES string of the molecule is CC(Cc1ccco1)Nc1ccc([N+](=O)[O-])cn1. The van der Waals surface area contributed by atoms with Crippen LogP contribution in [0.25, 0.3) is 0 Å². The third-order valence-electron chi connectivity index (χ3n) is 2.44. The van der Waals surface area contributed by atoms with E-state index < -0.39 is 4.92 Å². The molecular formula is C12H13N3O3. The molecule has 0 aliphatic rings. The Morgan fingerprint density at radius 1 is 1.50 bits per heavy atom. The van der Waals surface area contributed by atoms with Crippen LogP contribution in [0, 0.1) is 10.1 Å². The summed E-state index contributed by atoms with van der Waals surface area (Å²) in [5.41, 5.74) is -0.0146. The Bertz CT molecular complexity index is 508. The summed E-state index contributed by atoms with van der Waals surface area (Å²) in [5, 5.41) is 13.6. The molecule has 1 atom stereocenters. The lowest BCUT2D eigenvalue weighted by molar-refractivity contribution is -0.385. The molecule has 0 saturated carbocycles. The summed E-state index contributed by atoms with van der Waals surface area (Å²) in [6.07, 6.45) is 3.60. The van der Waals surface area contributed by atoms with Crippen LogP contribution < -0.4 is 5.32 Å². The van der Waals surface area contributed by atoms with Crippen LogP contribution >= 0.6 is 0 Å². The quantitative estimate of drug-likeness (QED) is 0.648. The van der Waals surface area contributed by atoms with Gasteiger partial charge in [0.2, 0.25) is 0 Å². The van der Waals surface area contributed by atoms with Crippen molar-refractivity contribution in [3.8, 4) is 0 Å². The average molecular weight is 247 g/mol. The molecule has 0 aromatic carbocycles. The molecule has 2 rings (SSSR count). The number of nitrogens with one attached hydrogen (secondary N) is 1. The second-order valence-corrected chi connectivity index (χ2v) is 3.99. The van der Waals surface area contributed by atoms with E-state index in [1.54, 1.807) is 12.3 Å². The maximum Gasteiger partial charge on any atom is 0.287 e. The molecule has 0 aliphatic carbocycles. The van der Waals surface area contributed by atoms with E-state index in [4.69, 9.17) is 4.42 Å². The van der Waals surface area contributed by atoms with E-state index in [1.165, 1.54) is 12.3 Å². The molecule has 2 aromatic rings. The normalized spacial score (nSPS) is 12.1. The van der Waals surface area contributed by atoms with Gasteiger partial charge in [-0.3, -0.25) is 10.1 Å². The lowest BCUT2D eigenvalue weighted by atomic mass is 10.2. The van der Waals surface area contributed by atoms with Crippen LogP contribution in [0.4, 0.5) is 11.5 Å². The Kier molecular flexibility index (Phi) is 3.57. The summed E-state index contributed by atoms with van der Waals surface area (Å²) in [7, 11) is 0. The molecule has 6 nitrogen and oxygen atoms in total. The molecule has 0 amide bonds. The van der Waals surface area contributed by atoms with Crippen molar-refractivity contribution in [3.63, 3.8) is 0 Å². The summed E-state index contributed by atoms with van der Waals surface area (Å²) in [4.78, 5) is 14.0. The third-order valence-corrected chi connectivity index (χ3v) is 2.44.